The van der Waals surface area contributed by atoms with Gasteiger partial charge in [-0.2, -0.15) is 10.2 Å². The van der Waals surface area contributed by atoms with E-state index in [4.69, 9.17) is 4.74 Å². The zero-order valence-electron chi connectivity index (χ0n) is 17.5. The molecular formula is C24H23IN4O3. The highest BCUT2D eigenvalue weighted by molar-refractivity contribution is 14.1. The van der Waals surface area contributed by atoms with Gasteiger partial charge in [-0.15, -0.1) is 0 Å². The maximum atomic E-state index is 11.1. The first-order chi connectivity index (χ1) is 15.6. The van der Waals surface area contributed by atoms with Crippen LogP contribution in [-0.2, 0) is 4.74 Å². The number of halogens is 1. The number of nitro benzene ring substituents is 1. The van der Waals surface area contributed by atoms with Gasteiger partial charge in [-0.3, -0.25) is 10.1 Å². The number of non-ortho nitro benzene ring substituents is 1. The van der Waals surface area contributed by atoms with Gasteiger partial charge in [0.25, 0.3) is 5.69 Å². The Bertz CT molecular complexity index is 1120. The number of rotatable bonds is 6. The molecule has 1 saturated heterocycles. The number of morpholine rings is 1. The minimum atomic E-state index is -0.362. The third-order valence-electron chi connectivity index (χ3n) is 5.40. The molecule has 0 amide bonds. The predicted octanol–water partition coefficient (Wildman–Crippen LogP) is 5.07. The molecule has 1 fully saturated rings. The molecule has 0 atom stereocenters. The van der Waals surface area contributed by atoms with Crippen molar-refractivity contribution in [3.8, 4) is 0 Å². The van der Waals surface area contributed by atoms with E-state index in [0.29, 0.717) is 13.2 Å². The van der Waals surface area contributed by atoms with Crippen molar-refractivity contribution in [3.63, 3.8) is 0 Å². The van der Waals surface area contributed by atoms with Crippen LogP contribution in [0.5, 0.6) is 0 Å². The second-order valence-electron chi connectivity index (χ2n) is 7.51. The normalized spacial score (nSPS) is 18.4. The van der Waals surface area contributed by atoms with Gasteiger partial charge in [-0.25, -0.2) is 0 Å². The first kappa shape index (κ1) is 22.3. The minimum absolute atomic E-state index is 0.0981. The average molecular weight is 542 g/mol. The van der Waals surface area contributed by atoms with Crippen molar-refractivity contribution in [2.24, 2.45) is 10.2 Å². The molecule has 4 rings (SSSR count). The summed E-state index contributed by atoms with van der Waals surface area (Å²) >= 11 is 2.28. The number of hydrogen-bond acceptors (Lipinski definition) is 6. The lowest BCUT2D eigenvalue weighted by Gasteiger charge is -2.31. The van der Waals surface area contributed by atoms with Crippen LogP contribution in [0.15, 0.2) is 75.6 Å². The summed E-state index contributed by atoms with van der Waals surface area (Å²) in [4.78, 5) is 13.1. The first-order valence-electron chi connectivity index (χ1n) is 10.4. The van der Waals surface area contributed by atoms with Gasteiger partial charge < -0.3 is 9.64 Å². The highest BCUT2D eigenvalue weighted by atomic mass is 127. The van der Waals surface area contributed by atoms with Gasteiger partial charge in [-0.1, -0.05) is 30.3 Å². The fraction of sp³-hybridized carbons (Fsp3) is 0.250. The van der Waals surface area contributed by atoms with Gasteiger partial charge in [0.2, 0.25) is 0 Å². The molecule has 164 valence electrons. The predicted molar refractivity (Wildman–Crippen MR) is 135 cm³/mol. The SMILES string of the molecule is O=[N+]([O-])c1cccc(/C=C2/CCC(/C=N/N=C/c3ccccc3I)=C2N2CCOCC2)c1. The van der Waals surface area contributed by atoms with Crippen LogP contribution in [0.4, 0.5) is 5.69 Å². The molecule has 1 aliphatic heterocycles. The van der Waals surface area contributed by atoms with Crippen molar-refractivity contribution in [1.82, 2.24) is 4.90 Å². The van der Waals surface area contributed by atoms with Crippen molar-refractivity contribution in [2.45, 2.75) is 12.8 Å². The highest BCUT2D eigenvalue weighted by Gasteiger charge is 2.25. The van der Waals surface area contributed by atoms with Crippen LogP contribution >= 0.6 is 22.6 Å². The topological polar surface area (TPSA) is 80.3 Å². The van der Waals surface area contributed by atoms with Crippen molar-refractivity contribution in [1.29, 1.82) is 0 Å². The Balaban J connectivity index is 1.62. The van der Waals surface area contributed by atoms with E-state index < -0.39 is 0 Å². The molecule has 2 aliphatic rings. The van der Waals surface area contributed by atoms with E-state index in [1.807, 2.05) is 42.6 Å². The molecule has 2 aromatic rings. The number of allylic oxidation sites excluding steroid dienone is 2. The highest BCUT2D eigenvalue weighted by Crippen LogP contribution is 2.35. The summed E-state index contributed by atoms with van der Waals surface area (Å²) < 4.78 is 6.66. The lowest BCUT2D eigenvalue weighted by molar-refractivity contribution is -0.384. The van der Waals surface area contributed by atoms with Crippen LogP contribution in [0.1, 0.15) is 24.0 Å². The quantitative estimate of drug-likeness (QED) is 0.221. The summed E-state index contributed by atoms with van der Waals surface area (Å²) in [7, 11) is 0. The fourth-order valence-electron chi connectivity index (χ4n) is 3.88. The summed E-state index contributed by atoms with van der Waals surface area (Å²) in [6.07, 6.45) is 7.37. The van der Waals surface area contributed by atoms with Gasteiger partial charge in [-0.05, 0) is 64.3 Å². The molecule has 0 bridgehead atoms. The average Bonchev–Trinajstić information content (AvgIpc) is 3.20. The zero-order chi connectivity index (χ0) is 22.3. The summed E-state index contributed by atoms with van der Waals surface area (Å²) in [6.45, 7) is 2.99. The molecule has 32 heavy (non-hydrogen) atoms. The van der Waals surface area contributed by atoms with Crippen LogP contribution in [0, 0.1) is 13.7 Å². The Morgan fingerprint density at radius 1 is 1.03 bits per heavy atom. The van der Waals surface area contributed by atoms with Gasteiger partial charge in [0, 0.05) is 40.1 Å². The van der Waals surface area contributed by atoms with E-state index >= 15 is 0 Å². The van der Waals surface area contributed by atoms with Crippen LogP contribution < -0.4 is 0 Å². The molecule has 0 spiro atoms. The van der Waals surface area contributed by atoms with E-state index in [9.17, 15) is 10.1 Å². The van der Waals surface area contributed by atoms with Crippen LogP contribution in [0.2, 0.25) is 0 Å². The summed E-state index contributed by atoms with van der Waals surface area (Å²) in [5.41, 5.74) is 5.40. The third kappa shape index (κ3) is 5.49. The van der Waals surface area contributed by atoms with Crippen LogP contribution in [-0.4, -0.2) is 48.6 Å². The van der Waals surface area contributed by atoms with Crippen molar-refractivity contribution in [2.75, 3.05) is 26.3 Å². The van der Waals surface area contributed by atoms with Gasteiger partial charge >= 0.3 is 0 Å². The molecule has 0 saturated carbocycles. The Hall–Kier alpha value is -2.85. The Labute approximate surface area is 200 Å². The molecule has 7 nitrogen and oxygen atoms in total. The molecule has 0 N–H and O–H groups in total. The van der Waals surface area contributed by atoms with Crippen LogP contribution in [0.3, 0.4) is 0 Å². The van der Waals surface area contributed by atoms with E-state index in [1.165, 1.54) is 6.07 Å². The number of ether oxygens (including phenoxy) is 1. The standard InChI is InChI=1S/C24H23IN4O3/c25-23-7-2-1-5-20(23)16-26-27-17-21-9-8-19(24(21)28-10-12-32-13-11-28)14-18-4-3-6-22(15-18)29(30)31/h1-7,14-17H,8-13H2/b19-14-,26-16+,27-17+. The van der Waals surface area contributed by atoms with E-state index in [-0.39, 0.29) is 10.6 Å². The third-order valence-corrected chi connectivity index (χ3v) is 6.39. The molecule has 8 heteroatoms. The van der Waals surface area contributed by atoms with E-state index in [2.05, 4.69) is 37.7 Å². The van der Waals surface area contributed by atoms with E-state index in [0.717, 1.165) is 57.5 Å². The summed E-state index contributed by atoms with van der Waals surface area (Å²) in [6, 6.07) is 14.8. The number of benzene rings is 2. The first-order valence-corrected chi connectivity index (χ1v) is 11.5. The molecule has 1 aliphatic carbocycles. The lowest BCUT2D eigenvalue weighted by atomic mass is 10.1. The Kier molecular flexibility index (Phi) is 7.43. The van der Waals surface area contributed by atoms with Gasteiger partial charge in [0.1, 0.15) is 0 Å². The summed E-state index contributed by atoms with van der Waals surface area (Å²) in [5, 5.41) is 19.7. The van der Waals surface area contributed by atoms with Gasteiger partial charge in [0.05, 0.1) is 30.6 Å². The van der Waals surface area contributed by atoms with Crippen molar-refractivity contribution >= 4 is 46.8 Å². The number of nitro groups is 1. The largest absolute Gasteiger partial charge is 0.378 e. The smallest absolute Gasteiger partial charge is 0.270 e. The van der Waals surface area contributed by atoms with Crippen molar-refractivity contribution < 1.29 is 9.66 Å². The Morgan fingerprint density at radius 3 is 2.59 bits per heavy atom. The molecule has 1 heterocycles. The zero-order valence-corrected chi connectivity index (χ0v) is 19.6. The monoisotopic (exact) mass is 542 g/mol. The molecule has 0 radical (unpaired) electrons. The second kappa shape index (κ2) is 10.6. The maximum absolute atomic E-state index is 11.1. The minimum Gasteiger partial charge on any atom is -0.378 e. The van der Waals surface area contributed by atoms with Gasteiger partial charge in [0.15, 0.2) is 0 Å². The maximum Gasteiger partial charge on any atom is 0.270 e. The number of hydrogen-bond donors (Lipinski definition) is 0. The van der Waals surface area contributed by atoms with Crippen molar-refractivity contribution in [3.05, 3.63) is 90.2 Å². The number of nitrogens with zero attached hydrogens (tertiary/aromatic N) is 4. The lowest BCUT2D eigenvalue weighted by Crippen LogP contribution is -2.36. The summed E-state index contributed by atoms with van der Waals surface area (Å²) in [5.74, 6) is 0. The molecule has 0 aromatic heterocycles. The second-order valence-corrected chi connectivity index (χ2v) is 8.67. The molecular weight excluding hydrogens is 519 g/mol. The molecule has 0 unspecified atom stereocenters. The molecule has 2 aromatic carbocycles. The van der Waals surface area contributed by atoms with Crippen LogP contribution in [0.25, 0.3) is 6.08 Å². The fourth-order valence-corrected chi connectivity index (χ4v) is 4.41. The Morgan fingerprint density at radius 2 is 1.81 bits per heavy atom. The van der Waals surface area contributed by atoms with E-state index in [1.54, 1.807) is 18.3 Å².